The first-order valence-electron chi connectivity index (χ1n) is 12.2. The number of nitrogens with zero attached hydrogens (tertiary/aromatic N) is 4. The fraction of sp³-hybridized carbons (Fsp3) is 0.538. The summed E-state index contributed by atoms with van der Waals surface area (Å²) in [6.07, 6.45) is 6.50. The van der Waals surface area contributed by atoms with Crippen molar-refractivity contribution in [1.82, 2.24) is 25.3 Å². The maximum absolute atomic E-state index is 12.9. The van der Waals surface area contributed by atoms with Crippen LogP contribution in [0.15, 0.2) is 34.7 Å². The van der Waals surface area contributed by atoms with Gasteiger partial charge in [-0.15, -0.1) is 10.2 Å². The molecule has 7 nitrogen and oxygen atoms in total. The van der Waals surface area contributed by atoms with Crippen LogP contribution in [0.2, 0.25) is 0 Å². The Morgan fingerprint density at radius 1 is 1.15 bits per heavy atom. The number of aromatic nitrogens is 4. The molecule has 0 aliphatic rings. The number of hydrogen-bond acceptors (Lipinski definition) is 5. The van der Waals surface area contributed by atoms with Crippen LogP contribution in [-0.4, -0.2) is 32.4 Å². The summed E-state index contributed by atoms with van der Waals surface area (Å²) >= 11 is 0. The van der Waals surface area contributed by atoms with E-state index in [0.717, 1.165) is 37.1 Å². The molecule has 0 fully saturated rings. The van der Waals surface area contributed by atoms with E-state index in [1.54, 1.807) is 6.92 Å². The van der Waals surface area contributed by atoms with Crippen LogP contribution < -0.4 is 5.32 Å². The van der Waals surface area contributed by atoms with Crippen molar-refractivity contribution in [3.63, 3.8) is 0 Å². The molecule has 0 radical (unpaired) electrons. The standard InChI is InChI=1S/C26H37N5O2/c1-6-8-10-20(7-2)17-27-25(32)21-11-9-12-22(15-21)31-23(14-13-18(3)4)16-24(30-31)26-29-28-19(5)33-26/h9,11-12,15-16,18,20H,6-8,10,13-14,17H2,1-5H3,(H,27,32). The van der Waals surface area contributed by atoms with E-state index in [-0.39, 0.29) is 5.91 Å². The maximum Gasteiger partial charge on any atom is 0.268 e. The third kappa shape index (κ3) is 6.76. The first kappa shape index (κ1) is 24.7. The van der Waals surface area contributed by atoms with Gasteiger partial charge in [0.2, 0.25) is 5.89 Å². The number of amides is 1. The van der Waals surface area contributed by atoms with Crippen molar-refractivity contribution in [2.75, 3.05) is 6.54 Å². The number of carbonyl (C=O) groups is 1. The van der Waals surface area contributed by atoms with E-state index in [9.17, 15) is 4.79 Å². The Bertz CT molecular complexity index is 1040. The molecule has 2 aromatic heterocycles. The van der Waals surface area contributed by atoms with E-state index in [0.29, 0.717) is 41.4 Å². The van der Waals surface area contributed by atoms with Gasteiger partial charge in [-0.05, 0) is 55.4 Å². The van der Waals surface area contributed by atoms with Gasteiger partial charge in [0.1, 0.15) is 5.69 Å². The fourth-order valence-electron chi connectivity index (χ4n) is 3.82. The molecule has 0 saturated heterocycles. The molecule has 1 amide bonds. The molecule has 0 spiro atoms. The van der Waals surface area contributed by atoms with Crippen LogP contribution in [0.3, 0.4) is 0 Å². The molecule has 0 saturated carbocycles. The van der Waals surface area contributed by atoms with Crippen molar-refractivity contribution in [1.29, 1.82) is 0 Å². The van der Waals surface area contributed by atoms with Gasteiger partial charge in [0.25, 0.3) is 11.8 Å². The first-order valence-corrected chi connectivity index (χ1v) is 12.2. The van der Waals surface area contributed by atoms with Crippen LogP contribution in [0.4, 0.5) is 0 Å². The minimum Gasteiger partial charge on any atom is -0.420 e. The molecule has 0 aliphatic carbocycles. The molecule has 7 heteroatoms. The average molecular weight is 452 g/mol. The predicted molar refractivity (Wildman–Crippen MR) is 130 cm³/mol. The highest BCUT2D eigenvalue weighted by atomic mass is 16.4. The lowest BCUT2D eigenvalue weighted by molar-refractivity contribution is 0.0945. The predicted octanol–water partition coefficient (Wildman–Crippen LogP) is 5.77. The Hall–Kier alpha value is -2.96. The van der Waals surface area contributed by atoms with Gasteiger partial charge in [-0.2, -0.15) is 5.10 Å². The molecule has 2 heterocycles. The van der Waals surface area contributed by atoms with E-state index in [4.69, 9.17) is 9.52 Å². The second-order valence-electron chi connectivity index (χ2n) is 9.17. The summed E-state index contributed by atoms with van der Waals surface area (Å²) in [6.45, 7) is 11.3. The molecule has 1 aromatic carbocycles. The summed E-state index contributed by atoms with van der Waals surface area (Å²) in [4.78, 5) is 12.9. The van der Waals surface area contributed by atoms with E-state index >= 15 is 0 Å². The van der Waals surface area contributed by atoms with E-state index in [1.807, 2.05) is 35.0 Å². The van der Waals surface area contributed by atoms with Gasteiger partial charge in [-0.25, -0.2) is 4.68 Å². The smallest absolute Gasteiger partial charge is 0.268 e. The quantitative estimate of drug-likeness (QED) is 0.378. The molecule has 1 unspecified atom stereocenters. The molecule has 33 heavy (non-hydrogen) atoms. The summed E-state index contributed by atoms with van der Waals surface area (Å²) < 4.78 is 7.48. The molecule has 3 rings (SSSR count). The highest BCUT2D eigenvalue weighted by Gasteiger charge is 2.17. The zero-order valence-corrected chi connectivity index (χ0v) is 20.6. The number of unbranched alkanes of at least 4 members (excludes halogenated alkanes) is 1. The zero-order valence-electron chi connectivity index (χ0n) is 20.6. The number of hydrogen-bond donors (Lipinski definition) is 1. The van der Waals surface area contributed by atoms with Crippen LogP contribution in [0.1, 0.15) is 81.7 Å². The molecule has 1 atom stereocenters. The average Bonchev–Trinajstić information content (AvgIpc) is 3.44. The van der Waals surface area contributed by atoms with Crippen LogP contribution in [0.25, 0.3) is 17.3 Å². The summed E-state index contributed by atoms with van der Waals surface area (Å²) in [5.74, 6) is 1.95. The fourth-order valence-corrected chi connectivity index (χ4v) is 3.82. The van der Waals surface area contributed by atoms with Gasteiger partial charge in [0, 0.05) is 24.7 Å². The van der Waals surface area contributed by atoms with Gasteiger partial charge < -0.3 is 9.73 Å². The summed E-state index contributed by atoms with van der Waals surface area (Å²) in [7, 11) is 0. The minimum atomic E-state index is -0.0459. The van der Waals surface area contributed by atoms with Crippen molar-refractivity contribution in [3.8, 4) is 17.3 Å². The summed E-state index contributed by atoms with van der Waals surface area (Å²) in [5, 5.41) is 15.9. The Morgan fingerprint density at radius 2 is 1.97 bits per heavy atom. The Labute approximate surface area is 197 Å². The lowest BCUT2D eigenvalue weighted by Crippen LogP contribution is -2.29. The Kier molecular flexibility index (Phi) is 8.80. The first-order chi connectivity index (χ1) is 15.9. The summed E-state index contributed by atoms with van der Waals surface area (Å²) in [6, 6.07) is 9.63. The number of rotatable bonds is 12. The van der Waals surface area contributed by atoms with Crippen molar-refractivity contribution in [2.24, 2.45) is 11.8 Å². The second kappa shape index (κ2) is 11.8. The van der Waals surface area contributed by atoms with Crippen LogP contribution in [0.5, 0.6) is 0 Å². The van der Waals surface area contributed by atoms with E-state index in [1.165, 1.54) is 12.8 Å². The molecule has 0 aliphatic heterocycles. The number of nitrogens with one attached hydrogen (secondary N) is 1. The van der Waals surface area contributed by atoms with Gasteiger partial charge in [-0.1, -0.05) is 53.0 Å². The normalized spacial score (nSPS) is 12.3. The monoisotopic (exact) mass is 451 g/mol. The van der Waals surface area contributed by atoms with E-state index < -0.39 is 0 Å². The van der Waals surface area contributed by atoms with Crippen LogP contribution in [0, 0.1) is 18.8 Å². The summed E-state index contributed by atoms with van der Waals surface area (Å²) in [5.41, 5.74) is 3.18. The molecular formula is C26H37N5O2. The van der Waals surface area contributed by atoms with Crippen molar-refractivity contribution in [3.05, 3.63) is 47.5 Å². The lowest BCUT2D eigenvalue weighted by Gasteiger charge is -2.15. The van der Waals surface area contributed by atoms with Crippen molar-refractivity contribution in [2.45, 2.75) is 73.1 Å². The minimum absolute atomic E-state index is 0.0459. The van der Waals surface area contributed by atoms with Crippen LogP contribution in [-0.2, 0) is 6.42 Å². The highest BCUT2D eigenvalue weighted by Crippen LogP contribution is 2.23. The third-order valence-electron chi connectivity index (χ3n) is 5.95. The SMILES string of the molecule is CCCCC(CC)CNC(=O)c1cccc(-n2nc(-c3nnc(C)o3)cc2CCC(C)C)c1. The van der Waals surface area contributed by atoms with Gasteiger partial charge in [0.15, 0.2) is 0 Å². The molecule has 0 bridgehead atoms. The number of carbonyl (C=O) groups excluding carboxylic acids is 1. The molecule has 1 N–H and O–H groups in total. The Balaban J connectivity index is 1.82. The third-order valence-corrected chi connectivity index (χ3v) is 5.95. The highest BCUT2D eigenvalue weighted by molar-refractivity contribution is 5.94. The van der Waals surface area contributed by atoms with Crippen LogP contribution >= 0.6 is 0 Å². The van der Waals surface area contributed by atoms with Gasteiger partial charge in [0.05, 0.1) is 5.69 Å². The van der Waals surface area contributed by atoms with Gasteiger partial charge in [-0.3, -0.25) is 4.79 Å². The molecule has 178 valence electrons. The van der Waals surface area contributed by atoms with Gasteiger partial charge >= 0.3 is 0 Å². The number of aryl methyl sites for hydroxylation is 2. The Morgan fingerprint density at radius 3 is 2.64 bits per heavy atom. The lowest BCUT2D eigenvalue weighted by atomic mass is 9.99. The largest absolute Gasteiger partial charge is 0.420 e. The zero-order chi connectivity index (χ0) is 23.8. The molecular weight excluding hydrogens is 414 g/mol. The molecule has 3 aromatic rings. The topological polar surface area (TPSA) is 85.8 Å². The van der Waals surface area contributed by atoms with E-state index in [2.05, 4.69) is 43.2 Å². The maximum atomic E-state index is 12.9. The van der Waals surface area contributed by atoms with Crippen molar-refractivity contribution < 1.29 is 9.21 Å². The second-order valence-corrected chi connectivity index (χ2v) is 9.17. The number of benzene rings is 1. The van der Waals surface area contributed by atoms with Crippen molar-refractivity contribution >= 4 is 5.91 Å².